The van der Waals surface area contributed by atoms with Gasteiger partial charge in [-0.25, -0.2) is 0 Å². The highest BCUT2D eigenvalue weighted by atomic mass is 16.5. The minimum absolute atomic E-state index is 0.405. The van der Waals surface area contributed by atoms with E-state index in [1.54, 1.807) is 43.5 Å². The van der Waals surface area contributed by atoms with Crippen LogP contribution in [0.25, 0.3) is 6.08 Å². The Bertz CT molecular complexity index is 1090. The zero-order valence-corrected chi connectivity index (χ0v) is 21.2. The van der Waals surface area contributed by atoms with Gasteiger partial charge >= 0.3 is 5.97 Å². The fourth-order valence-corrected chi connectivity index (χ4v) is 4.13. The fourth-order valence-electron chi connectivity index (χ4n) is 4.13. The topological polar surface area (TPSA) is 110 Å². The number of anilines is 1. The third-order valence-electron chi connectivity index (χ3n) is 6.08. The molecule has 1 saturated heterocycles. The van der Waals surface area contributed by atoms with E-state index in [1.807, 2.05) is 11.9 Å². The van der Waals surface area contributed by atoms with E-state index in [9.17, 15) is 14.7 Å². The van der Waals surface area contributed by atoms with Gasteiger partial charge in [0.05, 0.1) is 34.0 Å². The van der Waals surface area contributed by atoms with Gasteiger partial charge in [0.1, 0.15) is 29.0 Å². The maximum absolute atomic E-state index is 12.7. The molecule has 0 aromatic heterocycles. The molecule has 36 heavy (non-hydrogen) atoms. The molecule has 10 nitrogen and oxygen atoms in total. The number of likely N-dealkylation sites (N-methyl/N-ethyl adjacent to an activating group) is 1. The Morgan fingerprint density at radius 2 is 1.53 bits per heavy atom. The molecule has 10 heteroatoms. The van der Waals surface area contributed by atoms with E-state index in [2.05, 4.69) is 10.2 Å². The van der Waals surface area contributed by atoms with E-state index in [4.69, 9.17) is 18.9 Å². The van der Waals surface area contributed by atoms with E-state index in [-0.39, 0.29) is 0 Å². The Kier molecular flexibility index (Phi) is 9.15. The second kappa shape index (κ2) is 12.3. The second-order valence-electron chi connectivity index (χ2n) is 8.30. The predicted octanol–water partition coefficient (Wildman–Crippen LogP) is 2.75. The summed E-state index contributed by atoms with van der Waals surface area (Å²) in [4.78, 5) is 29.1. The smallest absolute Gasteiger partial charge is 0.325 e. The fraction of sp³-hybridized carbons (Fsp3) is 0.385. The number of piperazine rings is 1. The van der Waals surface area contributed by atoms with Gasteiger partial charge < -0.3 is 34.3 Å². The van der Waals surface area contributed by atoms with E-state index < -0.39 is 17.9 Å². The highest BCUT2D eigenvalue weighted by molar-refractivity contribution is 6.02. The zero-order valence-electron chi connectivity index (χ0n) is 21.2. The lowest BCUT2D eigenvalue weighted by molar-refractivity contribution is -0.144. The molecule has 194 valence electrons. The number of carbonyl (C=O) groups is 2. The number of hydrogen-bond donors (Lipinski definition) is 2. The maximum Gasteiger partial charge on any atom is 0.325 e. The summed E-state index contributed by atoms with van der Waals surface area (Å²) in [6.07, 6.45) is 2.94. The zero-order chi connectivity index (χ0) is 26.2. The number of hydrogen-bond acceptors (Lipinski definition) is 8. The Morgan fingerprint density at radius 3 is 2.06 bits per heavy atom. The number of benzene rings is 2. The molecular formula is C26H33N3O7. The first-order valence-corrected chi connectivity index (χ1v) is 11.4. The van der Waals surface area contributed by atoms with Crippen molar-refractivity contribution < 1.29 is 33.6 Å². The number of nitrogens with one attached hydrogen (secondary N) is 1. The SMILES string of the molecule is COc1cc(OC)c(/C=C/C(=O)Nc2ccc(OC)c(C(C(=O)O)N3CCN(C)CC3)c2)c(OC)c1. The van der Waals surface area contributed by atoms with E-state index >= 15 is 0 Å². The molecule has 2 aromatic rings. The first-order chi connectivity index (χ1) is 17.3. The lowest BCUT2D eigenvalue weighted by Gasteiger charge is -2.36. The lowest BCUT2D eigenvalue weighted by atomic mass is 10.0. The van der Waals surface area contributed by atoms with Gasteiger partial charge in [-0.05, 0) is 31.3 Å². The van der Waals surface area contributed by atoms with Crippen LogP contribution in [0, 0.1) is 0 Å². The summed E-state index contributed by atoms with van der Waals surface area (Å²) in [6, 6.07) is 7.48. The molecule has 1 unspecified atom stereocenters. The first-order valence-electron chi connectivity index (χ1n) is 11.4. The van der Waals surface area contributed by atoms with Crippen molar-refractivity contribution in [3.05, 3.63) is 47.5 Å². The molecule has 1 fully saturated rings. The van der Waals surface area contributed by atoms with Crippen molar-refractivity contribution in [1.29, 1.82) is 0 Å². The molecule has 0 aliphatic carbocycles. The van der Waals surface area contributed by atoms with E-state index in [1.165, 1.54) is 27.4 Å². The van der Waals surface area contributed by atoms with Crippen LogP contribution >= 0.6 is 0 Å². The summed E-state index contributed by atoms with van der Waals surface area (Å²) in [7, 11) is 8.08. The Morgan fingerprint density at radius 1 is 0.917 bits per heavy atom. The van der Waals surface area contributed by atoms with Gasteiger partial charge in [-0.3, -0.25) is 14.5 Å². The minimum atomic E-state index is -0.972. The van der Waals surface area contributed by atoms with Gasteiger partial charge in [0.15, 0.2) is 0 Å². The van der Waals surface area contributed by atoms with Crippen molar-refractivity contribution in [3.8, 4) is 23.0 Å². The monoisotopic (exact) mass is 499 g/mol. The number of carboxylic acids is 1. The summed E-state index contributed by atoms with van der Waals surface area (Å²) in [5.41, 5.74) is 1.51. The van der Waals surface area contributed by atoms with Crippen LogP contribution in [0.2, 0.25) is 0 Å². The average Bonchev–Trinajstić information content (AvgIpc) is 2.88. The van der Waals surface area contributed by atoms with E-state index in [0.717, 1.165) is 13.1 Å². The molecule has 3 rings (SSSR count). The largest absolute Gasteiger partial charge is 0.496 e. The number of carboxylic acid groups (broad SMARTS) is 1. The van der Waals surface area contributed by atoms with Crippen molar-refractivity contribution in [1.82, 2.24) is 9.80 Å². The minimum Gasteiger partial charge on any atom is -0.496 e. The Labute approximate surface area is 211 Å². The number of rotatable bonds is 10. The number of nitrogens with zero attached hydrogens (tertiary/aromatic N) is 2. The van der Waals surface area contributed by atoms with Crippen LogP contribution in [-0.2, 0) is 9.59 Å². The second-order valence-corrected chi connectivity index (χ2v) is 8.30. The van der Waals surface area contributed by atoms with Gasteiger partial charge in [-0.15, -0.1) is 0 Å². The number of ether oxygens (including phenoxy) is 4. The van der Waals surface area contributed by atoms with Gasteiger partial charge in [-0.1, -0.05) is 0 Å². The van der Waals surface area contributed by atoms with Gasteiger partial charge in [-0.2, -0.15) is 0 Å². The van der Waals surface area contributed by atoms with Crippen molar-refractivity contribution in [3.63, 3.8) is 0 Å². The molecule has 2 N–H and O–H groups in total. The molecule has 1 amide bonds. The van der Waals surface area contributed by atoms with Crippen LogP contribution in [-0.4, -0.2) is 88.4 Å². The number of amides is 1. The molecule has 1 aliphatic rings. The number of aliphatic carboxylic acids is 1. The molecule has 0 spiro atoms. The van der Waals surface area contributed by atoms with Crippen molar-refractivity contribution in [2.45, 2.75) is 6.04 Å². The molecule has 2 aromatic carbocycles. The van der Waals surface area contributed by atoms with Crippen LogP contribution < -0.4 is 24.3 Å². The summed E-state index contributed by atoms with van der Waals surface area (Å²) < 4.78 is 21.5. The third-order valence-corrected chi connectivity index (χ3v) is 6.08. The molecule has 1 aliphatic heterocycles. The number of methoxy groups -OCH3 is 4. The summed E-state index contributed by atoms with van der Waals surface area (Å²) in [6.45, 7) is 2.76. The molecule has 0 bridgehead atoms. The number of carbonyl (C=O) groups excluding carboxylic acids is 1. The van der Waals surface area contributed by atoms with Crippen LogP contribution in [0.15, 0.2) is 36.4 Å². The van der Waals surface area contributed by atoms with Gasteiger partial charge in [0.2, 0.25) is 5.91 Å². The van der Waals surface area contributed by atoms with Crippen molar-refractivity contribution >= 4 is 23.6 Å². The first kappa shape index (κ1) is 26.8. The summed E-state index contributed by atoms with van der Waals surface area (Å²) >= 11 is 0. The summed E-state index contributed by atoms with van der Waals surface area (Å²) in [5, 5.41) is 12.8. The molecule has 0 radical (unpaired) electrons. The molecular weight excluding hydrogens is 466 g/mol. The summed E-state index contributed by atoms with van der Waals surface area (Å²) in [5.74, 6) is 0.598. The predicted molar refractivity (Wildman–Crippen MR) is 136 cm³/mol. The Hall–Kier alpha value is -3.76. The maximum atomic E-state index is 12.7. The Balaban J connectivity index is 1.85. The highest BCUT2D eigenvalue weighted by Gasteiger charge is 2.32. The van der Waals surface area contributed by atoms with Crippen molar-refractivity contribution in [2.24, 2.45) is 0 Å². The third kappa shape index (κ3) is 6.27. The van der Waals surface area contributed by atoms with Gasteiger partial charge in [0, 0.05) is 55.6 Å². The highest BCUT2D eigenvalue weighted by Crippen LogP contribution is 2.35. The standard InChI is InChI=1S/C26H33N3O7/c1-28-10-12-29(13-11-28)25(26(31)32)20-14-17(6-8-21(20)34-3)27-24(30)9-7-19-22(35-4)15-18(33-2)16-23(19)36-5/h6-9,14-16,25H,10-13H2,1-5H3,(H,27,30)(H,31,32)/b9-7+. The molecule has 1 atom stereocenters. The normalized spacial score (nSPS) is 15.4. The molecule has 0 saturated carbocycles. The average molecular weight is 500 g/mol. The quantitative estimate of drug-likeness (QED) is 0.477. The van der Waals surface area contributed by atoms with Crippen LogP contribution in [0.1, 0.15) is 17.2 Å². The van der Waals surface area contributed by atoms with Crippen LogP contribution in [0.4, 0.5) is 5.69 Å². The van der Waals surface area contributed by atoms with Crippen LogP contribution in [0.5, 0.6) is 23.0 Å². The van der Waals surface area contributed by atoms with E-state index in [0.29, 0.717) is 52.9 Å². The van der Waals surface area contributed by atoms with Crippen LogP contribution in [0.3, 0.4) is 0 Å². The van der Waals surface area contributed by atoms with Crippen molar-refractivity contribution in [2.75, 3.05) is 67.0 Å². The molecule has 1 heterocycles. The van der Waals surface area contributed by atoms with Gasteiger partial charge in [0.25, 0.3) is 0 Å². The lowest BCUT2D eigenvalue weighted by Crippen LogP contribution is -2.47.